The van der Waals surface area contributed by atoms with E-state index >= 15 is 0 Å². The van der Waals surface area contributed by atoms with Crippen LogP contribution in [0.15, 0.2) is 47.2 Å². The molecule has 0 saturated heterocycles. The Morgan fingerprint density at radius 3 is 2.85 bits per heavy atom. The van der Waals surface area contributed by atoms with Gasteiger partial charge < -0.3 is 14.0 Å². The molecule has 1 aliphatic rings. The third-order valence-electron chi connectivity index (χ3n) is 2.97. The molecular weight excluding hydrogens is 258 g/mol. The second-order valence-electron chi connectivity index (χ2n) is 4.23. The summed E-state index contributed by atoms with van der Waals surface area (Å²) < 4.78 is 15.9. The van der Waals surface area contributed by atoms with Gasteiger partial charge >= 0.3 is 0 Å². The van der Waals surface area contributed by atoms with Crippen molar-refractivity contribution in [3.05, 3.63) is 42.7 Å². The molecule has 0 saturated carbocycles. The Morgan fingerprint density at radius 2 is 1.95 bits per heavy atom. The van der Waals surface area contributed by atoms with Crippen molar-refractivity contribution in [3.8, 4) is 34.3 Å². The van der Waals surface area contributed by atoms with Gasteiger partial charge in [0.15, 0.2) is 11.5 Å². The maximum atomic E-state index is 5.33. The molecule has 6 nitrogen and oxygen atoms in total. The molecule has 0 amide bonds. The lowest BCUT2D eigenvalue weighted by Crippen LogP contribution is -1.92. The number of benzene rings is 1. The first kappa shape index (κ1) is 11.0. The SMILES string of the molecule is c1cncc(-c2nc(-c3ccc4c(c3)OCO4)no2)c1. The summed E-state index contributed by atoms with van der Waals surface area (Å²) in [4.78, 5) is 8.39. The highest BCUT2D eigenvalue weighted by molar-refractivity contribution is 5.63. The van der Waals surface area contributed by atoms with Gasteiger partial charge in [-0.25, -0.2) is 0 Å². The van der Waals surface area contributed by atoms with E-state index in [1.807, 2.05) is 30.3 Å². The average Bonchev–Trinajstić information content (AvgIpc) is 3.16. The molecule has 6 heteroatoms. The molecule has 0 fully saturated rings. The predicted molar refractivity (Wildman–Crippen MR) is 69.1 cm³/mol. The zero-order chi connectivity index (χ0) is 13.4. The zero-order valence-corrected chi connectivity index (χ0v) is 10.3. The van der Waals surface area contributed by atoms with Crippen LogP contribution >= 0.6 is 0 Å². The van der Waals surface area contributed by atoms with Gasteiger partial charge in [0.2, 0.25) is 12.6 Å². The lowest BCUT2D eigenvalue weighted by molar-refractivity contribution is 0.174. The molecule has 3 heterocycles. The molecular formula is C14H9N3O3. The molecule has 0 bridgehead atoms. The highest BCUT2D eigenvalue weighted by Crippen LogP contribution is 2.35. The number of nitrogens with zero attached hydrogens (tertiary/aromatic N) is 3. The van der Waals surface area contributed by atoms with Gasteiger partial charge in [0.25, 0.3) is 5.89 Å². The number of rotatable bonds is 2. The maximum absolute atomic E-state index is 5.33. The first-order valence-electron chi connectivity index (χ1n) is 6.04. The van der Waals surface area contributed by atoms with E-state index in [9.17, 15) is 0 Å². The van der Waals surface area contributed by atoms with Gasteiger partial charge in [0.1, 0.15) is 0 Å². The van der Waals surface area contributed by atoms with Crippen molar-refractivity contribution in [2.45, 2.75) is 0 Å². The molecule has 0 unspecified atom stereocenters. The van der Waals surface area contributed by atoms with Crippen LogP contribution in [0.1, 0.15) is 0 Å². The zero-order valence-electron chi connectivity index (χ0n) is 10.3. The second-order valence-corrected chi connectivity index (χ2v) is 4.23. The van der Waals surface area contributed by atoms with Gasteiger partial charge in [-0.2, -0.15) is 4.98 Å². The van der Waals surface area contributed by atoms with E-state index in [2.05, 4.69) is 15.1 Å². The molecule has 1 aromatic carbocycles. The van der Waals surface area contributed by atoms with E-state index < -0.39 is 0 Å². The minimum absolute atomic E-state index is 0.242. The topological polar surface area (TPSA) is 70.3 Å². The van der Waals surface area contributed by atoms with Crippen LogP contribution in [0.5, 0.6) is 11.5 Å². The van der Waals surface area contributed by atoms with Crippen molar-refractivity contribution in [2.75, 3.05) is 6.79 Å². The second kappa shape index (κ2) is 4.34. The first-order chi connectivity index (χ1) is 9.90. The van der Waals surface area contributed by atoms with E-state index in [1.165, 1.54) is 0 Å². The minimum Gasteiger partial charge on any atom is -0.454 e. The molecule has 4 rings (SSSR count). The van der Waals surface area contributed by atoms with Crippen molar-refractivity contribution in [3.63, 3.8) is 0 Å². The minimum atomic E-state index is 0.242. The Labute approximate surface area is 114 Å². The van der Waals surface area contributed by atoms with E-state index in [1.54, 1.807) is 12.4 Å². The summed E-state index contributed by atoms with van der Waals surface area (Å²) in [6.07, 6.45) is 3.37. The summed E-state index contributed by atoms with van der Waals surface area (Å²) >= 11 is 0. The van der Waals surface area contributed by atoms with Crippen molar-refractivity contribution in [1.29, 1.82) is 0 Å². The fourth-order valence-corrected chi connectivity index (χ4v) is 1.98. The van der Waals surface area contributed by atoms with E-state index in [4.69, 9.17) is 14.0 Å². The maximum Gasteiger partial charge on any atom is 0.259 e. The standard InChI is InChI=1S/C14H9N3O3/c1-2-10(7-15-5-1)14-16-13(17-20-14)9-3-4-11-12(6-9)19-8-18-11/h1-7H,8H2. The van der Waals surface area contributed by atoms with E-state index in [0.29, 0.717) is 17.5 Å². The molecule has 1 aliphatic heterocycles. The lowest BCUT2D eigenvalue weighted by Gasteiger charge is -1.97. The van der Waals surface area contributed by atoms with E-state index in [-0.39, 0.29) is 6.79 Å². The lowest BCUT2D eigenvalue weighted by atomic mass is 10.2. The molecule has 2 aromatic heterocycles. The molecule has 3 aromatic rings. The Bertz CT molecular complexity index is 755. The summed E-state index contributed by atoms with van der Waals surface area (Å²) in [5.41, 5.74) is 1.60. The summed E-state index contributed by atoms with van der Waals surface area (Å²) in [5, 5.41) is 3.98. The molecule has 20 heavy (non-hydrogen) atoms. The molecule has 0 N–H and O–H groups in total. The number of pyridine rings is 1. The fourth-order valence-electron chi connectivity index (χ4n) is 1.98. The first-order valence-corrected chi connectivity index (χ1v) is 6.04. The Kier molecular flexibility index (Phi) is 2.38. The Hall–Kier alpha value is -2.89. The van der Waals surface area contributed by atoms with Gasteiger partial charge in [-0.3, -0.25) is 4.98 Å². The van der Waals surface area contributed by atoms with Crippen molar-refractivity contribution >= 4 is 0 Å². The van der Waals surface area contributed by atoms with Crippen LogP contribution in [0.25, 0.3) is 22.8 Å². The number of ether oxygens (including phenoxy) is 2. The summed E-state index contributed by atoms with van der Waals surface area (Å²) in [6, 6.07) is 9.22. The highest BCUT2D eigenvalue weighted by Gasteiger charge is 2.16. The summed E-state index contributed by atoms with van der Waals surface area (Å²) in [7, 11) is 0. The number of hydrogen-bond donors (Lipinski definition) is 0. The Balaban J connectivity index is 1.72. The molecule has 0 atom stereocenters. The highest BCUT2D eigenvalue weighted by atomic mass is 16.7. The largest absolute Gasteiger partial charge is 0.454 e. The predicted octanol–water partition coefficient (Wildman–Crippen LogP) is 2.53. The van der Waals surface area contributed by atoms with Crippen molar-refractivity contribution in [2.24, 2.45) is 0 Å². The van der Waals surface area contributed by atoms with Crippen LogP contribution in [-0.2, 0) is 0 Å². The average molecular weight is 267 g/mol. The van der Waals surface area contributed by atoms with Gasteiger partial charge in [-0.1, -0.05) is 5.16 Å². The van der Waals surface area contributed by atoms with E-state index in [0.717, 1.165) is 16.9 Å². The summed E-state index contributed by atoms with van der Waals surface area (Å²) in [6.45, 7) is 0.242. The third-order valence-corrected chi connectivity index (χ3v) is 2.97. The quantitative estimate of drug-likeness (QED) is 0.710. The van der Waals surface area contributed by atoms with Gasteiger partial charge in [0, 0.05) is 18.0 Å². The van der Waals surface area contributed by atoms with Crippen LogP contribution in [-0.4, -0.2) is 21.9 Å². The number of fused-ring (bicyclic) bond motifs is 1. The van der Waals surface area contributed by atoms with Crippen LogP contribution in [0.4, 0.5) is 0 Å². The van der Waals surface area contributed by atoms with Crippen molar-refractivity contribution in [1.82, 2.24) is 15.1 Å². The molecule has 0 radical (unpaired) electrons. The number of aromatic nitrogens is 3. The van der Waals surface area contributed by atoms with Gasteiger partial charge in [0.05, 0.1) is 5.56 Å². The van der Waals surface area contributed by atoms with Crippen LogP contribution < -0.4 is 9.47 Å². The third kappa shape index (κ3) is 1.78. The monoisotopic (exact) mass is 267 g/mol. The fraction of sp³-hybridized carbons (Fsp3) is 0.0714. The summed E-state index contributed by atoms with van der Waals surface area (Å²) in [5.74, 6) is 2.35. The van der Waals surface area contributed by atoms with Crippen LogP contribution in [0.2, 0.25) is 0 Å². The van der Waals surface area contributed by atoms with Gasteiger partial charge in [-0.15, -0.1) is 0 Å². The number of hydrogen-bond acceptors (Lipinski definition) is 6. The normalized spacial score (nSPS) is 12.6. The van der Waals surface area contributed by atoms with Crippen molar-refractivity contribution < 1.29 is 14.0 Å². The van der Waals surface area contributed by atoms with Gasteiger partial charge in [-0.05, 0) is 30.3 Å². The van der Waals surface area contributed by atoms with Crippen LogP contribution in [0, 0.1) is 0 Å². The molecule has 0 spiro atoms. The molecule has 0 aliphatic carbocycles. The van der Waals surface area contributed by atoms with Crippen LogP contribution in [0.3, 0.4) is 0 Å². The smallest absolute Gasteiger partial charge is 0.259 e. The molecule has 98 valence electrons. The Morgan fingerprint density at radius 1 is 1.00 bits per heavy atom.